The second kappa shape index (κ2) is 2.57. The van der Waals surface area contributed by atoms with E-state index in [2.05, 4.69) is 0 Å². The minimum atomic E-state index is 0.594. The van der Waals surface area contributed by atoms with E-state index < -0.39 is 0 Å². The summed E-state index contributed by atoms with van der Waals surface area (Å²) in [4.78, 5) is 11.7. The van der Waals surface area contributed by atoms with Gasteiger partial charge in [0.15, 0.2) is 0 Å². The van der Waals surface area contributed by atoms with Crippen molar-refractivity contribution in [2.24, 2.45) is 47.3 Å². The Morgan fingerprint density at radius 3 is 1.88 bits per heavy atom. The number of carbonyl (C=O) groups is 1. The Labute approximate surface area is 97.0 Å². The number of rotatable bonds is 0. The van der Waals surface area contributed by atoms with Gasteiger partial charge in [0.2, 0.25) is 0 Å². The third-order valence-corrected chi connectivity index (χ3v) is 7.16. The van der Waals surface area contributed by atoms with E-state index in [9.17, 15) is 4.79 Å². The molecule has 0 amide bonds. The average molecular weight is 216 g/mol. The first-order valence-corrected chi connectivity index (χ1v) is 7.34. The predicted octanol–water partition coefficient (Wildman–Crippen LogP) is 2.89. The Balaban J connectivity index is 1.57. The highest BCUT2D eigenvalue weighted by atomic mass is 16.1. The molecule has 5 saturated carbocycles. The number of Topliss-reactive ketones (excluding diaryl/α,β-unsaturated/α-hetero) is 1. The molecule has 0 spiro atoms. The summed E-state index contributed by atoms with van der Waals surface area (Å²) in [6.45, 7) is 0. The molecule has 8 unspecified atom stereocenters. The van der Waals surface area contributed by atoms with Gasteiger partial charge in [0.1, 0.15) is 5.78 Å². The normalized spacial score (nSPS) is 65.4. The molecule has 86 valence electrons. The number of hydrogen-bond acceptors (Lipinski definition) is 1. The molecule has 1 heteroatoms. The van der Waals surface area contributed by atoms with Crippen molar-refractivity contribution >= 4 is 5.78 Å². The van der Waals surface area contributed by atoms with Crippen LogP contribution in [0.5, 0.6) is 0 Å². The molecule has 5 fully saturated rings. The second-order valence-electron chi connectivity index (χ2n) is 7.33. The van der Waals surface area contributed by atoms with Crippen molar-refractivity contribution in [2.75, 3.05) is 0 Å². The van der Waals surface area contributed by atoms with Crippen molar-refractivity contribution in [1.82, 2.24) is 0 Å². The molecule has 0 saturated heterocycles. The van der Waals surface area contributed by atoms with Gasteiger partial charge in [-0.1, -0.05) is 0 Å². The summed E-state index contributed by atoms with van der Waals surface area (Å²) in [6, 6.07) is 0. The summed E-state index contributed by atoms with van der Waals surface area (Å²) in [5.41, 5.74) is 0. The van der Waals surface area contributed by atoms with Crippen LogP contribution in [0.1, 0.15) is 38.5 Å². The van der Waals surface area contributed by atoms with Crippen LogP contribution in [0.15, 0.2) is 0 Å². The third-order valence-electron chi connectivity index (χ3n) is 7.16. The van der Waals surface area contributed by atoms with E-state index in [0.29, 0.717) is 5.78 Å². The van der Waals surface area contributed by atoms with E-state index in [-0.39, 0.29) is 0 Å². The molecular weight excluding hydrogens is 196 g/mol. The van der Waals surface area contributed by atoms with E-state index in [1.165, 1.54) is 19.3 Å². The Kier molecular flexibility index (Phi) is 1.40. The van der Waals surface area contributed by atoms with Gasteiger partial charge in [-0.3, -0.25) is 4.79 Å². The minimum absolute atomic E-state index is 0.594. The van der Waals surface area contributed by atoms with Crippen LogP contribution in [0.3, 0.4) is 0 Å². The van der Waals surface area contributed by atoms with Crippen LogP contribution >= 0.6 is 0 Å². The summed E-state index contributed by atoms with van der Waals surface area (Å²) in [5, 5.41) is 0. The van der Waals surface area contributed by atoms with Gasteiger partial charge < -0.3 is 0 Å². The Bertz CT molecular complexity index is 342. The van der Waals surface area contributed by atoms with Crippen molar-refractivity contribution < 1.29 is 4.79 Å². The Morgan fingerprint density at radius 1 is 0.750 bits per heavy atom. The van der Waals surface area contributed by atoms with Gasteiger partial charge in [0, 0.05) is 12.8 Å². The molecule has 0 aliphatic heterocycles. The van der Waals surface area contributed by atoms with Gasteiger partial charge in [0.05, 0.1) is 0 Å². The van der Waals surface area contributed by atoms with Gasteiger partial charge in [-0.15, -0.1) is 0 Å². The van der Waals surface area contributed by atoms with Crippen LogP contribution in [-0.4, -0.2) is 5.78 Å². The van der Waals surface area contributed by atoms with Crippen LogP contribution in [0.25, 0.3) is 0 Å². The Hall–Kier alpha value is -0.330. The monoisotopic (exact) mass is 216 g/mol. The highest BCUT2D eigenvalue weighted by molar-refractivity contribution is 5.81. The first kappa shape index (κ1) is 8.72. The highest BCUT2D eigenvalue weighted by Crippen LogP contribution is 2.72. The zero-order chi connectivity index (χ0) is 10.4. The summed E-state index contributed by atoms with van der Waals surface area (Å²) in [7, 11) is 0. The van der Waals surface area contributed by atoms with Crippen molar-refractivity contribution in [2.45, 2.75) is 38.5 Å². The fourth-order valence-corrected chi connectivity index (χ4v) is 7.05. The van der Waals surface area contributed by atoms with Crippen LogP contribution in [0.4, 0.5) is 0 Å². The van der Waals surface area contributed by atoms with Gasteiger partial charge in [0.25, 0.3) is 0 Å². The third kappa shape index (κ3) is 0.791. The Morgan fingerprint density at radius 2 is 1.31 bits per heavy atom. The average Bonchev–Trinajstić information content (AvgIpc) is 2.98. The fourth-order valence-electron chi connectivity index (χ4n) is 7.05. The maximum atomic E-state index is 11.7. The van der Waals surface area contributed by atoms with Crippen molar-refractivity contribution in [3.63, 3.8) is 0 Å². The molecule has 0 N–H and O–H groups in total. The molecular formula is C15H20O. The van der Waals surface area contributed by atoms with Gasteiger partial charge >= 0.3 is 0 Å². The highest BCUT2D eigenvalue weighted by Gasteiger charge is 2.66. The molecule has 5 rings (SSSR count). The minimum Gasteiger partial charge on any atom is -0.300 e. The number of carbonyl (C=O) groups excluding carboxylic acids is 1. The molecule has 0 radical (unpaired) electrons. The van der Waals surface area contributed by atoms with Crippen LogP contribution < -0.4 is 0 Å². The number of ketones is 1. The van der Waals surface area contributed by atoms with E-state index in [1.54, 1.807) is 6.42 Å². The SMILES string of the molecule is O=C1CC2C(C1)C1CC2C2C3CCC(C3)C12. The van der Waals surface area contributed by atoms with Crippen LogP contribution in [-0.2, 0) is 4.79 Å². The van der Waals surface area contributed by atoms with Crippen molar-refractivity contribution in [1.29, 1.82) is 0 Å². The maximum Gasteiger partial charge on any atom is 0.133 e. The van der Waals surface area contributed by atoms with Crippen LogP contribution in [0, 0.1) is 47.3 Å². The molecule has 8 atom stereocenters. The van der Waals surface area contributed by atoms with Gasteiger partial charge in [-0.25, -0.2) is 0 Å². The zero-order valence-corrected chi connectivity index (χ0v) is 9.77. The quantitative estimate of drug-likeness (QED) is 0.569. The topological polar surface area (TPSA) is 17.1 Å². The molecule has 0 aromatic rings. The van der Waals surface area contributed by atoms with E-state index in [0.717, 1.165) is 60.2 Å². The lowest BCUT2D eigenvalue weighted by molar-refractivity contribution is -0.118. The van der Waals surface area contributed by atoms with Crippen LogP contribution in [0.2, 0.25) is 0 Å². The first-order valence-electron chi connectivity index (χ1n) is 7.34. The van der Waals surface area contributed by atoms with Gasteiger partial charge in [-0.2, -0.15) is 0 Å². The summed E-state index contributed by atoms with van der Waals surface area (Å²) >= 11 is 0. The lowest BCUT2D eigenvalue weighted by atomic mass is 9.64. The van der Waals surface area contributed by atoms with Gasteiger partial charge in [-0.05, 0) is 73.0 Å². The number of hydrogen-bond donors (Lipinski definition) is 0. The smallest absolute Gasteiger partial charge is 0.133 e. The molecule has 5 aliphatic rings. The first-order chi connectivity index (χ1) is 7.83. The molecule has 16 heavy (non-hydrogen) atoms. The zero-order valence-electron chi connectivity index (χ0n) is 9.77. The van der Waals surface area contributed by atoms with Crippen molar-refractivity contribution in [3.8, 4) is 0 Å². The largest absolute Gasteiger partial charge is 0.300 e. The summed E-state index contributed by atoms with van der Waals surface area (Å²) in [5.74, 6) is 8.59. The summed E-state index contributed by atoms with van der Waals surface area (Å²) in [6.07, 6.45) is 8.07. The molecule has 0 aromatic carbocycles. The van der Waals surface area contributed by atoms with E-state index in [1.807, 2.05) is 0 Å². The molecule has 0 aromatic heterocycles. The lowest BCUT2D eigenvalue weighted by Crippen LogP contribution is -2.35. The van der Waals surface area contributed by atoms with E-state index in [4.69, 9.17) is 0 Å². The molecule has 1 nitrogen and oxygen atoms in total. The van der Waals surface area contributed by atoms with Crippen molar-refractivity contribution in [3.05, 3.63) is 0 Å². The predicted molar refractivity (Wildman–Crippen MR) is 60.6 cm³/mol. The maximum absolute atomic E-state index is 11.7. The standard InChI is InChI=1S/C15H20O/c16-9-4-10-11(5-9)13-6-12(10)14-7-1-2-8(3-7)15(13)14/h7-8,10-15H,1-6H2. The number of fused-ring (bicyclic) bond motifs is 12. The lowest BCUT2D eigenvalue weighted by Gasteiger charge is -2.40. The molecule has 4 bridgehead atoms. The second-order valence-corrected chi connectivity index (χ2v) is 7.33. The fraction of sp³-hybridized carbons (Fsp3) is 0.933. The molecule has 0 heterocycles. The molecule has 5 aliphatic carbocycles. The summed E-state index contributed by atoms with van der Waals surface area (Å²) < 4.78 is 0. The van der Waals surface area contributed by atoms with E-state index >= 15 is 0 Å².